The van der Waals surface area contributed by atoms with E-state index in [1.807, 2.05) is 21.1 Å². The Morgan fingerprint density at radius 3 is 1.16 bits per heavy atom. The normalized spacial score (nSPS) is 13.4. The Morgan fingerprint density at radius 2 is 0.797 bits per heavy atom. The molecule has 64 heavy (non-hydrogen) atoms. The van der Waals surface area contributed by atoms with Crippen molar-refractivity contribution in [2.45, 2.75) is 277 Å². The Bertz CT molecular complexity index is 1100. The molecule has 1 N–H and O–H groups in total. The topological polar surface area (TPSA) is 108 Å². The zero-order chi connectivity index (χ0) is 47.1. The molecule has 0 bridgehead atoms. The van der Waals surface area contributed by atoms with E-state index < -0.39 is 26.5 Å². The van der Waals surface area contributed by atoms with Crippen LogP contribution in [0.1, 0.15) is 271 Å². The van der Waals surface area contributed by atoms with Gasteiger partial charge in [0, 0.05) is 12.8 Å². The highest BCUT2D eigenvalue weighted by molar-refractivity contribution is 7.47. The number of allylic oxidation sites excluding steroid dienone is 2. The molecule has 0 saturated carbocycles. The fourth-order valence-corrected chi connectivity index (χ4v) is 8.75. The number of rotatable bonds is 51. The van der Waals surface area contributed by atoms with Crippen LogP contribution in [-0.2, 0) is 32.7 Å². The summed E-state index contributed by atoms with van der Waals surface area (Å²) in [5.74, 6) is -0.781. The van der Waals surface area contributed by atoms with Gasteiger partial charge in [-0.2, -0.15) is 0 Å². The number of likely N-dealkylation sites (N-methyl/N-ethyl adjacent to an activating group) is 1. The van der Waals surface area contributed by atoms with E-state index in [4.69, 9.17) is 18.5 Å². The van der Waals surface area contributed by atoms with Gasteiger partial charge >= 0.3 is 19.8 Å². The lowest BCUT2D eigenvalue weighted by Crippen LogP contribution is -2.37. The lowest BCUT2D eigenvalue weighted by atomic mass is 10.0. The van der Waals surface area contributed by atoms with Crippen LogP contribution in [0, 0.1) is 0 Å². The monoisotopic (exact) mass is 929 g/mol. The number of carbonyl (C=O) groups is 2. The van der Waals surface area contributed by atoms with Gasteiger partial charge in [0.15, 0.2) is 6.10 Å². The maximum Gasteiger partial charge on any atom is 0.472 e. The van der Waals surface area contributed by atoms with Crippen LogP contribution in [0.4, 0.5) is 0 Å². The van der Waals surface area contributed by atoms with Crippen molar-refractivity contribution in [2.24, 2.45) is 0 Å². The van der Waals surface area contributed by atoms with Crippen LogP contribution in [0.15, 0.2) is 12.2 Å². The number of esters is 2. The summed E-state index contributed by atoms with van der Waals surface area (Å²) in [6.07, 6.45) is 52.7. The Balaban J connectivity index is 4.16. The molecule has 2 atom stereocenters. The Hall–Kier alpha value is -1.25. The largest absolute Gasteiger partial charge is 0.472 e. The van der Waals surface area contributed by atoms with E-state index >= 15 is 0 Å². The lowest BCUT2D eigenvalue weighted by molar-refractivity contribution is -0.870. The summed E-state index contributed by atoms with van der Waals surface area (Å²) in [4.78, 5) is 35.6. The molecule has 9 nitrogen and oxygen atoms in total. The van der Waals surface area contributed by atoms with Crippen LogP contribution in [0.2, 0.25) is 0 Å². The molecule has 0 amide bonds. The molecule has 0 aliphatic carbocycles. The van der Waals surface area contributed by atoms with E-state index in [1.54, 1.807) is 0 Å². The summed E-state index contributed by atoms with van der Waals surface area (Å²) in [6.45, 7) is 4.48. The number of nitrogens with zero attached hydrogens (tertiary/aromatic N) is 1. The summed E-state index contributed by atoms with van der Waals surface area (Å²) < 4.78 is 34.5. The third kappa shape index (κ3) is 50.2. The maximum atomic E-state index is 12.8. The molecule has 0 aliphatic rings. The average Bonchev–Trinajstić information content (AvgIpc) is 3.25. The van der Waals surface area contributed by atoms with Gasteiger partial charge in [0.05, 0.1) is 27.7 Å². The summed E-state index contributed by atoms with van der Waals surface area (Å²) >= 11 is 0. The molecular formula is C54H107NO8P+. The number of hydrogen-bond acceptors (Lipinski definition) is 7. The molecule has 0 aromatic heterocycles. The van der Waals surface area contributed by atoms with E-state index in [1.165, 1.54) is 205 Å². The van der Waals surface area contributed by atoms with Crippen LogP contribution >= 0.6 is 7.82 Å². The highest BCUT2D eigenvalue weighted by Crippen LogP contribution is 2.43. The SMILES string of the molecule is CCCCCCCCCC/C=C\CCCCCCCCCCCCCC(=O)OC(COC(=O)CCCCCCCCCCCCCCCCCCC)COP(=O)(O)OCC[N+](C)(C)C. The standard InChI is InChI=1S/C54H106NO8P/c1-6-8-10-12-14-16-18-20-22-24-25-26-27-28-29-31-33-35-37-39-41-43-45-47-54(57)63-52(51-62-64(58,59)61-49-48-55(3,4)5)50-60-53(56)46-44-42-40-38-36-34-32-30-23-21-19-17-15-13-11-9-7-2/h24-25,52H,6-23,26-51H2,1-5H3/p+1/b25-24-. The highest BCUT2D eigenvalue weighted by Gasteiger charge is 2.27. The van der Waals surface area contributed by atoms with Crippen LogP contribution in [0.5, 0.6) is 0 Å². The van der Waals surface area contributed by atoms with E-state index in [2.05, 4.69) is 26.0 Å². The fraction of sp³-hybridized carbons (Fsp3) is 0.926. The summed E-state index contributed by atoms with van der Waals surface area (Å²) in [5.41, 5.74) is 0. The average molecular weight is 929 g/mol. The van der Waals surface area contributed by atoms with Crippen molar-refractivity contribution in [3.8, 4) is 0 Å². The van der Waals surface area contributed by atoms with Gasteiger partial charge in [-0.15, -0.1) is 0 Å². The van der Waals surface area contributed by atoms with Crippen molar-refractivity contribution in [3.63, 3.8) is 0 Å². The zero-order valence-electron chi connectivity index (χ0n) is 43.0. The van der Waals surface area contributed by atoms with Gasteiger partial charge in [-0.3, -0.25) is 18.6 Å². The van der Waals surface area contributed by atoms with Crippen molar-refractivity contribution in [1.29, 1.82) is 0 Å². The molecule has 380 valence electrons. The van der Waals surface area contributed by atoms with Gasteiger partial charge in [-0.05, 0) is 38.5 Å². The quantitative estimate of drug-likeness (QED) is 0.0211. The van der Waals surface area contributed by atoms with Gasteiger partial charge in [-0.1, -0.05) is 231 Å². The van der Waals surface area contributed by atoms with Crippen molar-refractivity contribution < 1.29 is 42.1 Å². The van der Waals surface area contributed by atoms with E-state index in [0.29, 0.717) is 23.9 Å². The molecule has 10 heteroatoms. The third-order valence-corrected chi connectivity index (χ3v) is 13.3. The first-order valence-corrected chi connectivity index (χ1v) is 28.9. The van der Waals surface area contributed by atoms with Crippen LogP contribution in [0.25, 0.3) is 0 Å². The smallest absolute Gasteiger partial charge is 0.462 e. The second-order valence-corrected chi connectivity index (χ2v) is 21.4. The third-order valence-electron chi connectivity index (χ3n) is 12.3. The summed E-state index contributed by atoms with van der Waals surface area (Å²) in [7, 11) is 1.49. The van der Waals surface area contributed by atoms with Crippen molar-refractivity contribution in [2.75, 3.05) is 47.5 Å². The van der Waals surface area contributed by atoms with Crippen LogP contribution < -0.4 is 0 Å². The van der Waals surface area contributed by atoms with Gasteiger partial charge < -0.3 is 18.9 Å². The predicted octanol–water partition coefficient (Wildman–Crippen LogP) is 16.5. The number of ether oxygens (including phenoxy) is 2. The lowest BCUT2D eigenvalue weighted by Gasteiger charge is -2.24. The fourth-order valence-electron chi connectivity index (χ4n) is 8.01. The Morgan fingerprint density at radius 1 is 0.469 bits per heavy atom. The number of phosphoric acid groups is 1. The van der Waals surface area contributed by atoms with Crippen LogP contribution in [0.3, 0.4) is 0 Å². The molecule has 2 unspecified atom stereocenters. The first kappa shape index (κ1) is 62.8. The number of unbranched alkanes of at least 4 members (excludes halogenated alkanes) is 35. The van der Waals surface area contributed by atoms with Gasteiger partial charge in [0.1, 0.15) is 19.8 Å². The van der Waals surface area contributed by atoms with E-state index in [0.717, 1.165) is 32.1 Å². The molecule has 0 aromatic carbocycles. The molecule has 0 radical (unpaired) electrons. The maximum absolute atomic E-state index is 12.8. The molecular weight excluding hydrogens is 822 g/mol. The van der Waals surface area contributed by atoms with Gasteiger partial charge in [0.2, 0.25) is 0 Å². The van der Waals surface area contributed by atoms with E-state index in [-0.39, 0.29) is 25.6 Å². The summed E-state index contributed by atoms with van der Waals surface area (Å²) in [6, 6.07) is 0. The molecule has 0 aromatic rings. The predicted molar refractivity (Wildman–Crippen MR) is 271 cm³/mol. The Kier molecular flexibility index (Phi) is 45.9. The molecule has 0 heterocycles. The van der Waals surface area contributed by atoms with Gasteiger partial charge in [-0.25, -0.2) is 4.57 Å². The number of carbonyl (C=O) groups excluding carboxylic acids is 2. The first-order chi connectivity index (χ1) is 31.0. The summed E-state index contributed by atoms with van der Waals surface area (Å²) in [5, 5.41) is 0. The number of hydrogen-bond donors (Lipinski definition) is 1. The molecule has 0 saturated heterocycles. The first-order valence-electron chi connectivity index (χ1n) is 27.4. The van der Waals surface area contributed by atoms with Crippen molar-refractivity contribution >= 4 is 19.8 Å². The van der Waals surface area contributed by atoms with Crippen molar-refractivity contribution in [1.82, 2.24) is 0 Å². The zero-order valence-corrected chi connectivity index (χ0v) is 43.9. The molecule has 0 aliphatic heterocycles. The van der Waals surface area contributed by atoms with Gasteiger partial charge in [0.25, 0.3) is 0 Å². The minimum atomic E-state index is -4.38. The minimum Gasteiger partial charge on any atom is -0.462 e. The highest BCUT2D eigenvalue weighted by atomic mass is 31.2. The molecule has 0 rings (SSSR count). The van der Waals surface area contributed by atoms with E-state index in [9.17, 15) is 19.0 Å². The molecule has 0 fully saturated rings. The van der Waals surface area contributed by atoms with Crippen molar-refractivity contribution in [3.05, 3.63) is 12.2 Å². The second kappa shape index (κ2) is 46.8. The number of quaternary nitrogens is 1. The second-order valence-electron chi connectivity index (χ2n) is 20.0. The Labute approximate surface area is 396 Å². The number of phosphoric ester groups is 1. The minimum absolute atomic E-state index is 0.0353. The van der Waals surface area contributed by atoms with Crippen LogP contribution in [-0.4, -0.2) is 74.9 Å². The molecule has 0 spiro atoms.